The van der Waals surface area contributed by atoms with Gasteiger partial charge in [0.05, 0.1) is 11.9 Å². The summed E-state index contributed by atoms with van der Waals surface area (Å²) < 4.78 is 40.2. The van der Waals surface area contributed by atoms with Crippen LogP contribution in [-0.4, -0.2) is 25.6 Å². The van der Waals surface area contributed by atoms with Crippen molar-refractivity contribution in [3.05, 3.63) is 47.5 Å². The summed E-state index contributed by atoms with van der Waals surface area (Å²) in [6.07, 6.45) is -0.524. The van der Waals surface area contributed by atoms with Gasteiger partial charge in [-0.2, -0.15) is 28.4 Å². The van der Waals surface area contributed by atoms with Gasteiger partial charge in [-0.1, -0.05) is 19.1 Å². The number of aromatic nitrogens is 4. The predicted octanol–water partition coefficient (Wildman–Crippen LogP) is 4.61. The van der Waals surface area contributed by atoms with Crippen molar-refractivity contribution in [3.63, 3.8) is 0 Å². The van der Waals surface area contributed by atoms with Gasteiger partial charge >= 0.3 is 6.18 Å². The second-order valence-corrected chi connectivity index (χ2v) is 8.02. The maximum absolute atomic E-state index is 12.8. The van der Waals surface area contributed by atoms with Crippen molar-refractivity contribution in [2.45, 2.75) is 45.5 Å². The van der Waals surface area contributed by atoms with Crippen LogP contribution in [0.25, 0.3) is 11.2 Å². The zero-order valence-corrected chi connectivity index (χ0v) is 16.6. The topological polar surface area (TPSA) is 79.4 Å². The van der Waals surface area contributed by atoms with Crippen molar-refractivity contribution < 1.29 is 13.2 Å². The Balaban J connectivity index is 1.64. The molecule has 0 amide bonds. The molecule has 0 bridgehead atoms. The van der Waals surface area contributed by atoms with Crippen LogP contribution in [0.3, 0.4) is 0 Å². The molecule has 1 atom stereocenters. The van der Waals surface area contributed by atoms with Crippen LogP contribution >= 0.6 is 0 Å². The van der Waals surface area contributed by atoms with E-state index >= 15 is 0 Å². The Hall–Kier alpha value is -3.15. The van der Waals surface area contributed by atoms with E-state index < -0.39 is 11.7 Å². The Morgan fingerprint density at radius 2 is 1.93 bits per heavy atom. The van der Waals surface area contributed by atoms with Gasteiger partial charge in [-0.25, -0.2) is 4.98 Å². The van der Waals surface area contributed by atoms with E-state index in [1.807, 2.05) is 6.07 Å². The minimum atomic E-state index is -4.37. The van der Waals surface area contributed by atoms with Crippen molar-refractivity contribution in [1.82, 2.24) is 19.5 Å². The van der Waals surface area contributed by atoms with E-state index in [2.05, 4.69) is 34.1 Å². The monoisotopic (exact) mass is 414 g/mol. The molecule has 1 fully saturated rings. The molecular formula is C21H21F3N6. The molecule has 2 aromatic heterocycles. The Morgan fingerprint density at radius 1 is 1.23 bits per heavy atom. The lowest BCUT2D eigenvalue weighted by Gasteiger charge is -2.37. The summed E-state index contributed by atoms with van der Waals surface area (Å²) in [5.74, 6) is 1.79. The first-order chi connectivity index (χ1) is 14.2. The third-order valence-corrected chi connectivity index (χ3v) is 5.69. The maximum Gasteiger partial charge on any atom is 0.416 e. The summed E-state index contributed by atoms with van der Waals surface area (Å²) >= 11 is 0. The highest BCUT2D eigenvalue weighted by molar-refractivity contribution is 5.83. The number of imidazole rings is 1. The number of hydrogen-bond donors (Lipinski definition) is 1. The molecule has 2 heterocycles. The fourth-order valence-electron chi connectivity index (χ4n) is 3.95. The summed E-state index contributed by atoms with van der Waals surface area (Å²) in [6.45, 7) is 4.62. The molecule has 30 heavy (non-hydrogen) atoms. The molecule has 1 unspecified atom stereocenters. The molecule has 4 rings (SSSR count). The molecule has 1 aliphatic carbocycles. The fourth-order valence-corrected chi connectivity index (χ4v) is 3.95. The minimum Gasteiger partial charge on any atom is -0.365 e. The number of nitriles is 1. The second kappa shape index (κ2) is 7.59. The molecule has 0 aliphatic heterocycles. The SMILES string of the molecule is CC1CC(C(C)Nc2nc(C#N)nc3ncn(Cc4ccc(C(F)(F)F)cc4)c23)C1. The lowest BCUT2D eigenvalue weighted by atomic mass is 9.72. The van der Waals surface area contributed by atoms with E-state index in [1.165, 1.54) is 12.1 Å². The van der Waals surface area contributed by atoms with Crippen LogP contribution in [0.4, 0.5) is 19.0 Å². The van der Waals surface area contributed by atoms with Crippen LogP contribution in [0.1, 0.15) is 43.6 Å². The lowest BCUT2D eigenvalue weighted by molar-refractivity contribution is -0.137. The van der Waals surface area contributed by atoms with E-state index in [-0.39, 0.29) is 11.9 Å². The van der Waals surface area contributed by atoms with Crippen molar-refractivity contribution in [2.75, 3.05) is 5.32 Å². The van der Waals surface area contributed by atoms with Crippen LogP contribution in [-0.2, 0) is 12.7 Å². The van der Waals surface area contributed by atoms with Crippen molar-refractivity contribution >= 4 is 17.0 Å². The standard InChI is InChI=1S/C21H21F3N6/c1-12-7-15(8-12)13(2)27-20-18-19(28-17(9-25)29-20)26-11-30(18)10-14-3-5-16(6-4-14)21(22,23)24/h3-6,11-13,15H,7-8,10H2,1-2H3,(H,27,28,29). The molecule has 6 nitrogen and oxygen atoms in total. The Kier molecular flexibility index (Phi) is 5.10. The molecule has 156 valence electrons. The highest BCUT2D eigenvalue weighted by Crippen LogP contribution is 2.37. The average Bonchev–Trinajstić information content (AvgIpc) is 3.08. The van der Waals surface area contributed by atoms with Gasteiger partial charge in [-0.3, -0.25) is 0 Å². The van der Waals surface area contributed by atoms with Crippen molar-refractivity contribution in [1.29, 1.82) is 5.26 Å². The summed E-state index contributed by atoms with van der Waals surface area (Å²) in [7, 11) is 0. The van der Waals surface area contributed by atoms with Gasteiger partial charge in [0.25, 0.3) is 0 Å². The van der Waals surface area contributed by atoms with E-state index in [0.717, 1.165) is 25.0 Å². The largest absolute Gasteiger partial charge is 0.416 e. The van der Waals surface area contributed by atoms with Crippen molar-refractivity contribution in [3.8, 4) is 6.07 Å². The third-order valence-electron chi connectivity index (χ3n) is 5.69. The van der Waals surface area contributed by atoms with E-state index in [1.54, 1.807) is 10.9 Å². The first kappa shape index (κ1) is 20.1. The van der Waals surface area contributed by atoms with Crippen LogP contribution < -0.4 is 5.32 Å². The lowest BCUT2D eigenvalue weighted by Crippen LogP contribution is -2.35. The molecule has 1 aromatic carbocycles. The molecule has 1 N–H and O–H groups in total. The number of fused-ring (bicyclic) bond motifs is 1. The van der Waals surface area contributed by atoms with Crippen LogP contribution in [0, 0.1) is 23.2 Å². The number of nitrogens with zero attached hydrogens (tertiary/aromatic N) is 5. The summed E-state index contributed by atoms with van der Waals surface area (Å²) in [5, 5.41) is 12.7. The first-order valence-electron chi connectivity index (χ1n) is 9.80. The van der Waals surface area contributed by atoms with Gasteiger partial charge in [-0.15, -0.1) is 0 Å². The van der Waals surface area contributed by atoms with E-state index in [9.17, 15) is 18.4 Å². The average molecular weight is 414 g/mol. The highest BCUT2D eigenvalue weighted by atomic mass is 19.4. The minimum absolute atomic E-state index is 0.0268. The molecular weight excluding hydrogens is 393 g/mol. The number of anilines is 1. The smallest absolute Gasteiger partial charge is 0.365 e. The number of halogens is 3. The Labute approximate surface area is 171 Å². The summed E-state index contributed by atoms with van der Waals surface area (Å²) in [4.78, 5) is 12.8. The van der Waals surface area contributed by atoms with Gasteiger partial charge in [-0.05, 0) is 49.3 Å². The molecule has 0 saturated heterocycles. The summed E-state index contributed by atoms with van der Waals surface area (Å²) in [5.41, 5.74) is 1.02. The zero-order valence-electron chi connectivity index (χ0n) is 16.6. The number of nitrogens with one attached hydrogen (secondary N) is 1. The number of benzene rings is 1. The van der Waals surface area contributed by atoms with Gasteiger partial charge in [0.1, 0.15) is 11.6 Å². The fraction of sp³-hybridized carbons (Fsp3) is 0.429. The number of rotatable bonds is 5. The molecule has 0 radical (unpaired) electrons. The molecule has 3 aromatic rings. The molecule has 9 heteroatoms. The van der Waals surface area contributed by atoms with Crippen LogP contribution in [0.15, 0.2) is 30.6 Å². The maximum atomic E-state index is 12.8. The van der Waals surface area contributed by atoms with Crippen LogP contribution in [0.5, 0.6) is 0 Å². The predicted molar refractivity (Wildman–Crippen MR) is 106 cm³/mol. The Bertz CT molecular complexity index is 1090. The van der Waals surface area contributed by atoms with Gasteiger partial charge in [0.15, 0.2) is 11.5 Å². The zero-order chi connectivity index (χ0) is 21.5. The molecule has 1 saturated carbocycles. The van der Waals surface area contributed by atoms with E-state index in [0.29, 0.717) is 40.9 Å². The van der Waals surface area contributed by atoms with Gasteiger partial charge < -0.3 is 9.88 Å². The molecule has 0 spiro atoms. The normalized spacial score (nSPS) is 19.9. The van der Waals surface area contributed by atoms with Gasteiger partial charge in [0, 0.05) is 12.6 Å². The molecule has 1 aliphatic rings. The van der Waals surface area contributed by atoms with Gasteiger partial charge in [0.2, 0.25) is 5.82 Å². The van der Waals surface area contributed by atoms with E-state index in [4.69, 9.17) is 0 Å². The van der Waals surface area contributed by atoms with Crippen molar-refractivity contribution in [2.24, 2.45) is 11.8 Å². The second-order valence-electron chi connectivity index (χ2n) is 8.02. The summed E-state index contributed by atoms with van der Waals surface area (Å²) in [6, 6.07) is 7.16. The third kappa shape index (κ3) is 3.95. The highest BCUT2D eigenvalue weighted by Gasteiger charge is 2.31. The first-order valence-corrected chi connectivity index (χ1v) is 9.80. The Morgan fingerprint density at radius 3 is 2.53 bits per heavy atom. The number of hydrogen-bond acceptors (Lipinski definition) is 5. The van der Waals surface area contributed by atoms with Crippen LogP contribution in [0.2, 0.25) is 0 Å². The number of alkyl halides is 3. The quantitative estimate of drug-likeness (QED) is 0.659.